The Kier molecular flexibility index (Phi) is 4.19. The summed E-state index contributed by atoms with van der Waals surface area (Å²) in [6, 6.07) is 10.5. The zero-order chi connectivity index (χ0) is 11.9. The van der Waals surface area contributed by atoms with Crippen molar-refractivity contribution in [2.45, 2.75) is 25.2 Å². The van der Waals surface area contributed by atoms with Gasteiger partial charge in [0.15, 0.2) is 0 Å². The maximum atomic E-state index is 8.40. The number of nitrogens with zero attached hydrogens (tertiary/aromatic N) is 1. The minimum absolute atomic E-state index is 0.302. The fourth-order valence-electron chi connectivity index (χ4n) is 2.18. The first-order valence-corrected chi connectivity index (χ1v) is 6.06. The SMILES string of the molecule is N#CCC#Cc1ccc(C2CCNCC2)cc1. The van der Waals surface area contributed by atoms with E-state index < -0.39 is 0 Å². The summed E-state index contributed by atoms with van der Waals surface area (Å²) >= 11 is 0. The van der Waals surface area contributed by atoms with Crippen molar-refractivity contribution in [1.29, 1.82) is 5.26 Å². The van der Waals surface area contributed by atoms with Gasteiger partial charge in [-0.3, -0.25) is 0 Å². The smallest absolute Gasteiger partial charge is 0.0966 e. The van der Waals surface area contributed by atoms with Crippen LogP contribution in [-0.2, 0) is 0 Å². The van der Waals surface area contributed by atoms with Crippen LogP contribution in [0.25, 0.3) is 0 Å². The third-order valence-electron chi connectivity index (χ3n) is 3.12. The first kappa shape index (κ1) is 11.7. The van der Waals surface area contributed by atoms with E-state index in [1.165, 1.54) is 18.4 Å². The Morgan fingerprint density at radius 1 is 1.18 bits per heavy atom. The summed E-state index contributed by atoms with van der Waals surface area (Å²) in [5.74, 6) is 6.51. The molecule has 0 spiro atoms. The molecular weight excluding hydrogens is 208 g/mol. The van der Waals surface area contributed by atoms with Crippen molar-refractivity contribution in [1.82, 2.24) is 5.32 Å². The van der Waals surface area contributed by atoms with Crippen LogP contribution in [-0.4, -0.2) is 13.1 Å². The normalized spacial score (nSPS) is 15.7. The minimum atomic E-state index is 0.302. The molecule has 0 unspecified atom stereocenters. The molecule has 0 atom stereocenters. The van der Waals surface area contributed by atoms with Crippen molar-refractivity contribution in [3.05, 3.63) is 35.4 Å². The van der Waals surface area contributed by atoms with E-state index in [0.29, 0.717) is 12.3 Å². The number of benzene rings is 1. The Hall–Kier alpha value is -1.77. The maximum Gasteiger partial charge on any atom is 0.0966 e. The highest BCUT2D eigenvalue weighted by Gasteiger charge is 2.14. The molecule has 86 valence electrons. The molecule has 0 bridgehead atoms. The van der Waals surface area contributed by atoms with Gasteiger partial charge >= 0.3 is 0 Å². The molecule has 2 heteroatoms. The molecule has 1 fully saturated rings. The van der Waals surface area contributed by atoms with Gasteiger partial charge < -0.3 is 5.32 Å². The molecule has 0 aliphatic carbocycles. The summed E-state index contributed by atoms with van der Waals surface area (Å²) in [7, 11) is 0. The fraction of sp³-hybridized carbons (Fsp3) is 0.400. The molecule has 0 radical (unpaired) electrons. The maximum absolute atomic E-state index is 8.40. The lowest BCUT2D eigenvalue weighted by Gasteiger charge is -2.22. The molecular formula is C15H16N2. The monoisotopic (exact) mass is 224 g/mol. The number of nitrogens with one attached hydrogen (secondary N) is 1. The topological polar surface area (TPSA) is 35.8 Å². The lowest BCUT2D eigenvalue weighted by Crippen LogP contribution is -2.26. The third-order valence-corrected chi connectivity index (χ3v) is 3.12. The molecule has 0 amide bonds. The number of rotatable bonds is 1. The molecule has 1 N–H and O–H groups in total. The summed E-state index contributed by atoms with van der Waals surface area (Å²) in [5.41, 5.74) is 2.41. The molecule has 0 aromatic heterocycles. The van der Waals surface area contributed by atoms with Crippen molar-refractivity contribution >= 4 is 0 Å². The summed E-state index contributed by atoms with van der Waals surface area (Å²) < 4.78 is 0. The van der Waals surface area contributed by atoms with Crippen molar-refractivity contribution in [3.63, 3.8) is 0 Å². The van der Waals surface area contributed by atoms with Gasteiger partial charge in [0.1, 0.15) is 0 Å². The standard InChI is InChI=1S/C15H16N2/c16-10-2-1-3-13-4-6-14(7-5-13)15-8-11-17-12-9-15/h4-7,15,17H,2,8-9,11-12H2. The Morgan fingerprint density at radius 2 is 1.88 bits per heavy atom. The van der Waals surface area contributed by atoms with E-state index in [4.69, 9.17) is 5.26 Å². The largest absolute Gasteiger partial charge is 0.317 e. The van der Waals surface area contributed by atoms with E-state index in [1.54, 1.807) is 0 Å². The molecule has 1 aromatic carbocycles. The quantitative estimate of drug-likeness (QED) is 0.744. The first-order chi connectivity index (χ1) is 8.40. The second-order valence-corrected chi connectivity index (χ2v) is 4.28. The van der Waals surface area contributed by atoms with Crippen LogP contribution < -0.4 is 5.32 Å². The van der Waals surface area contributed by atoms with Crippen LogP contribution in [0.3, 0.4) is 0 Å². The van der Waals surface area contributed by atoms with Gasteiger partial charge in [0, 0.05) is 5.56 Å². The van der Waals surface area contributed by atoms with Gasteiger partial charge in [-0.15, -0.1) is 0 Å². The second kappa shape index (κ2) is 6.09. The molecule has 1 aliphatic rings. The zero-order valence-corrected chi connectivity index (χ0v) is 9.87. The lowest BCUT2D eigenvalue weighted by molar-refractivity contribution is 0.460. The van der Waals surface area contributed by atoms with Gasteiger partial charge in [-0.05, 0) is 49.5 Å². The predicted molar refractivity (Wildman–Crippen MR) is 68.4 cm³/mol. The lowest BCUT2D eigenvalue weighted by atomic mass is 9.90. The fourth-order valence-corrected chi connectivity index (χ4v) is 2.18. The van der Waals surface area contributed by atoms with Gasteiger partial charge in [0.25, 0.3) is 0 Å². The van der Waals surface area contributed by atoms with Crippen molar-refractivity contribution in [2.24, 2.45) is 0 Å². The highest BCUT2D eigenvalue weighted by atomic mass is 14.9. The summed E-state index contributed by atoms with van der Waals surface area (Å²) in [5, 5.41) is 11.8. The Bertz CT molecular complexity index is 450. The number of hydrogen-bond donors (Lipinski definition) is 1. The molecule has 17 heavy (non-hydrogen) atoms. The summed E-state index contributed by atoms with van der Waals surface area (Å²) in [6.07, 6.45) is 2.75. The van der Waals surface area contributed by atoms with Crippen LogP contribution in [0.15, 0.2) is 24.3 Å². The summed E-state index contributed by atoms with van der Waals surface area (Å²) in [4.78, 5) is 0. The number of hydrogen-bond acceptors (Lipinski definition) is 2. The highest BCUT2D eigenvalue weighted by Crippen LogP contribution is 2.24. The van der Waals surface area contributed by atoms with Gasteiger partial charge in [-0.2, -0.15) is 5.26 Å². The van der Waals surface area contributed by atoms with Crippen LogP contribution in [0.4, 0.5) is 0 Å². The average Bonchev–Trinajstić information content (AvgIpc) is 2.41. The van der Waals surface area contributed by atoms with Crippen molar-refractivity contribution in [2.75, 3.05) is 13.1 Å². The average molecular weight is 224 g/mol. The van der Waals surface area contributed by atoms with Gasteiger partial charge in [0.2, 0.25) is 0 Å². The Labute approximate surface area is 103 Å². The predicted octanol–water partition coefficient (Wildman–Crippen LogP) is 2.42. The van der Waals surface area contributed by atoms with Crippen LogP contribution in [0.1, 0.15) is 36.3 Å². The number of piperidine rings is 1. The molecule has 0 saturated carbocycles. The third kappa shape index (κ3) is 3.34. The van der Waals surface area contributed by atoms with E-state index in [2.05, 4.69) is 41.4 Å². The van der Waals surface area contributed by atoms with Crippen LogP contribution in [0.5, 0.6) is 0 Å². The van der Waals surface area contributed by atoms with Crippen LogP contribution in [0.2, 0.25) is 0 Å². The zero-order valence-electron chi connectivity index (χ0n) is 9.87. The molecule has 1 aliphatic heterocycles. The van der Waals surface area contributed by atoms with E-state index >= 15 is 0 Å². The van der Waals surface area contributed by atoms with Crippen molar-refractivity contribution < 1.29 is 0 Å². The first-order valence-electron chi connectivity index (χ1n) is 6.06. The highest BCUT2D eigenvalue weighted by molar-refractivity contribution is 5.37. The molecule has 2 rings (SSSR count). The van der Waals surface area contributed by atoms with Gasteiger partial charge in [0.05, 0.1) is 12.5 Å². The van der Waals surface area contributed by atoms with Crippen LogP contribution >= 0.6 is 0 Å². The van der Waals surface area contributed by atoms with Gasteiger partial charge in [-0.1, -0.05) is 24.0 Å². The van der Waals surface area contributed by atoms with Crippen LogP contribution in [0, 0.1) is 23.2 Å². The minimum Gasteiger partial charge on any atom is -0.317 e. The molecule has 2 nitrogen and oxygen atoms in total. The second-order valence-electron chi connectivity index (χ2n) is 4.28. The van der Waals surface area contributed by atoms with E-state index in [1.807, 2.05) is 6.07 Å². The molecule has 1 heterocycles. The summed E-state index contributed by atoms with van der Waals surface area (Å²) in [6.45, 7) is 2.24. The van der Waals surface area contributed by atoms with E-state index in [9.17, 15) is 0 Å². The molecule has 1 saturated heterocycles. The van der Waals surface area contributed by atoms with Gasteiger partial charge in [-0.25, -0.2) is 0 Å². The van der Waals surface area contributed by atoms with Crippen molar-refractivity contribution in [3.8, 4) is 17.9 Å². The Morgan fingerprint density at radius 3 is 2.53 bits per heavy atom. The van der Waals surface area contributed by atoms with E-state index in [0.717, 1.165) is 18.7 Å². The number of nitriles is 1. The Balaban J connectivity index is 2.03. The van der Waals surface area contributed by atoms with E-state index in [-0.39, 0.29) is 0 Å². The molecule has 1 aromatic rings.